The molecule has 0 amide bonds. The fourth-order valence-corrected chi connectivity index (χ4v) is 3.71. The van der Waals surface area contributed by atoms with Crippen molar-refractivity contribution in [3.63, 3.8) is 0 Å². The predicted octanol–water partition coefficient (Wildman–Crippen LogP) is 3.63. The molecule has 0 aliphatic heterocycles. The van der Waals surface area contributed by atoms with Crippen LogP contribution in [0.15, 0.2) is 59.3 Å². The molecule has 2 heterocycles. The van der Waals surface area contributed by atoms with Crippen molar-refractivity contribution in [2.45, 2.75) is 6.54 Å². The topological polar surface area (TPSA) is 124 Å². The van der Waals surface area contributed by atoms with Crippen LogP contribution >= 0.6 is 0 Å². The van der Waals surface area contributed by atoms with Gasteiger partial charge in [-0.05, 0) is 36.4 Å². The molecule has 0 atom stereocenters. The molecule has 4 aromatic rings. The molecule has 0 spiro atoms. The van der Waals surface area contributed by atoms with Gasteiger partial charge in [0, 0.05) is 35.7 Å². The number of anilines is 1. The smallest absolute Gasteiger partial charge is 0.340 e. The fourth-order valence-electron chi connectivity index (χ4n) is 3.29. The molecule has 11 heteroatoms. The zero-order valence-corrected chi connectivity index (χ0v) is 18.3. The Morgan fingerprint density at radius 2 is 2.03 bits per heavy atom. The summed E-state index contributed by atoms with van der Waals surface area (Å²) in [5, 5.41) is 17.0. The van der Waals surface area contributed by atoms with Gasteiger partial charge in [-0.3, -0.25) is 4.68 Å². The normalized spacial score (nSPS) is 11.6. The van der Waals surface area contributed by atoms with Crippen LogP contribution in [0.4, 0.5) is 10.1 Å². The van der Waals surface area contributed by atoms with Crippen molar-refractivity contribution in [1.82, 2.24) is 9.78 Å². The number of sulfone groups is 1. The molecule has 4 rings (SSSR count). The van der Waals surface area contributed by atoms with E-state index >= 15 is 0 Å². The van der Waals surface area contributed by atoms with Gasteiger partial charge in [-0.2, -0.15) is 5.10 Å². The van der Waals surface area contributed by atoms with Gasteiger partial charge in [0.05, 0.1) is 12.2 Å². The van der Waals surface area contributed by atoms with E-state index in [0.717, 1.165) is 6.26 Å². The number of carboxylic acids is 1. The Balaban J connectivity index is 1.77. The van der Waals surface area contributed by atoms with Gasteiger partial charge in [-0.15, -0.1) is 0 Å². The average Bonchev–Trinajstić information content (AvgIpc) is 3.39. The number of halogens is 1. The highest BCUT2D eigenvalue weighted by Crippen LogP contribution is 2.39. The Kier molecular flexibility index (Phi) is 6.05. The molecule has 0 radical (unpaired) electrons. The summed E-state index contributed by atoms with van der Waals surface area (Å²) in [5.41, 5.74) is 0.812. The molecule has 0 bridgehead atoms. The molecule has 0 saturated carbocycles. The lowest BCUT2D eigenvalue weighted by Gasteiger charge is -2.13. The Hall–Kier alpha value is -3.86. The monoisotopic (exact) mass is 473 g/mol. The first-order valence-electron chi connectivity index (χ1n) is 9.83. The van der Waals surface area contributed by atoms with Gasteiger partial charge < -0.3 is 19.6 Å². The highest BCUT2D eigenvalue weighted by molar-refractivity contribution is 7.90. The summed E-state index contributed by atoms with van der Waals surface area (Å²) < 4.78 is 50.0. The molecule has 2 N–H and O–H groups in total. The van der Waals surface area contributed by atoms with Crippen molar-refractivity contribution in [3.8, 4) is 17.1 Å². The van der Waals surface area contributed by atoms with Gasteiger partial charge >= 0.3 is 5.97 Å². The van der Waals surface area contributed by atoms with Gasteiger partial charge in [0.1, 0.15) is 41.0 Å². The first-order chi connectivity index (χ1) is 15.7. The number of nitrogens with one attached hydrogen (secondary N) is 1. The van der Waals surface area contributed by atoms with Crippen LogP contribution in [-0.2, 0) is 16.4 Å². The van der Waals surface area contributed by atoms with Crippen LogP contribution in [0.1, 0.15) is 10.4 Å². The first kappa shape index (κ1) is 22.3. The van der Waals surface area contributed by atoms with Crippen LogP contribution in [-0.4, -0.2) is 48.0 Å². The van der Waals surface area contributed by atoms with Crippen LogP contribution in [0.25, 0.3) is 22.3 Å². The highest BCUT2D eigenvalue weighted by atomic mass is 32.2. The van der Waals surface area contributed by atoms with E-state index in [2.05, 4.69) is 10.4 Å². The molecule has 0 aliphatic carbocycles. The number of hydrogen-bond donors (Lipinski definition) is 2. The summed E-state index contributed by atoms with van der Waals surface area (Å²) in [6, 6.07) is 10.0. The number of fused-ring (bicyclic) bond motifs is 1. The van der Waals surface area contributed by atoms with E-state index in [4.69, 9.17) is 9.15 Å². The van der Waals surface area contributed by atoms with Gasteiger partial charge in [0.25, 0.3) is 0 Å². The van der Waals surface area contributed by atoms with Crippen LogP contribution in [0.5, 0.6) is 5.75 Å². The van der Waals surface area contributed by atoms with Gasteiger partial charge in [-0.25, -0.2) is 17.6 Å². The van der Waals surface area contributed by atoms with Crippen molar-refractivity contribution < 1.29 is 31.9 Å². The second-order valence-electron chi connectivity index (χ2n) is 7.33. The Labute approximate surface area is 188 Å². The first-order valence-corrected chi connectivity index (χ1v) is 11.9. The quantitative estimate of drug-likeness (QED) is 0.378. The Morgan fingerprint density at radius 1 is 1.27 bits per heavy atom. The van der Waals surface area contributed by atoms with E-state index in [9.17, 15) is 22.7 Å². The third kappa shape index (κ3) is 5.14. The summed E-state index contributed by atoms with van der Waals surface area (Å²) in [6.07, 6.45) is 4.48. The lowest BCUT2D eigenvalue weighted by atomic mass is 10.0. The number of nitrogens with zero attached hydrogens (tertiary/aromatic N) is 2. The summed E-state index contributed by atoms with van der Waals surface area (Å²) in [6.45, 7) is 0.625. The number of furan rings is 1. The summed E-state index contributed by atoms with van der Waals surface area (Å²) in [4.78, 5) is 12.1. The van der Waals surface area contributed by atoms with E-state index in [0.29, 0.717) is 17.8 Å². The SMILES string of the molecule is CS(=O)(=O)CNc1cc2oc(-c3ccc(F)cc3)c(C(=O)O)c2cc1OCCn1cccn1. The number of carbonyl (C=O) groups is 1. The van der Waals surface area contributed by atoms with Crippen molar-refractivity contribution >= 4 is 32.5 Å². The van der Waals surface area contributed by atoms with Crippen LogP contribution in [0.3, 0.4) is 0 Å². The second-order valence-corrected chi connectivity index (χ2v) is 9.47. The molecule has 0 aliphatic rings. The van der Waals surface area contributed by atoms with Crippen molar-refractivity contribution in [1.29, 1.82) is 0 Å². The Morgan fingerprint density at radius 3 is 2.67 bits per heavy atom. The highest BCUT2D eigenvalue weighted by Gasteiger charge is 2.24. The van der Waals surface area contributed by atoms with Gasteiger partial charge in [-0.1, -0.05) is 0 Å². The van der Waals surface area contributed by atoms with E-state index in [-0.39, 0.29) is 40.5 Å². The van der Waals surface area contributed by atoms with Crippen LogP contribution < -0.4 is 10.1 Å². The standard InChI is InChI=1S/C22H20FN3O6S/c1-33(29,30)13-24-17-12-18-16(11-19(17)31-10-9-26-8-2-7-25-26)20(22(27)28)21(32-18)14-3-5-15(23)6-4-14/h2-8,11-12,24H,9-10,13H2,1H3,(H,27,28). The van der Waals surface area contributed by atoms with Gasteiger partial charge in [0.15, 0.2) is 9.84 Å². The summed E-state index contributed by atoms with van der Waals surface area (Å²) in [5.74, 6) is -1.74. The minimum absolute atomic E-state index is 0.0558. The largest absolute Gasteiger partial charge is 0.489 e. The second kappa shape index (κ2) is 8.94. The number of hydrogen-bond acceptors (Lipinski definition) is 7. The number of aromatic nitrogens is 2. The minimum Gasteiger partial charge on any atom is -0.489 e. The van der Waals surface area contributed by atoms with Crippen molar-refractivity contribution in [2.75, 3.05) is 24.1 Å². The molecular weight excluding hydrogens is 453 g/mol. The number of ether oxygens (including phenoxy) is 1. The van der Waals surface area contributed by atoms with Crippen LogP contribution in [0.2, 0.25) is 0 Å². The fraction of sp³-hybridized carbons (Fsp3) is 0.182. The number of rotatable bonds is 9. The van der Waals surface area contributed by atoms with Gasteiger partial charge in [0.2, 0.25) is 0 Å². The van der Waals surface area contributed by atoms with Crippen LogP contribution in [0, 0.1) is 5.82 Å². The number of aromatic carboxylic acids is 1. The lowest BCUT2D eigenvalue weighted by Crippen LogP contribution is -2.14. The molecule has 9 nitrogen and oxygen atoms in total. The van der Waals surface area contributed by atoms with E-state index < -0.39 is 21.6 Å². The third-order valence-electron chi connectivity index (χ3n) is 4.77. The zero-order valence-electron chi connectivity index (χ0n) is 17.5. The molecule has 0 saturated heterocycles. The molecule has 2 aromatic heterocycles. The Bertz CT molecular complexity index is 1400. The molecular formula is C22H20FN3O6S. The molecule has 172 valence electrons. The molecule has 0 fully saturated rings. The maximum absolute atomic E-state index is 13.3. The summed E-state index contributed by atoms with van der Waals surface area (Å²) >= 11 is 0. The summed E-state index contributed by atoms with van der Waals surface area (Å²) in [7, 11) is -3.35. The van der Waals surface area contributed by atoms with Crippen molar-refractivity contribution in [3.05, 3.63) is 66.2 Å². The molecule has 33 heavy (non-hydrogen) atoms. The third-order valence-corrected chi connectivity index (χ3v) is 5.44. The molecule has 0 unspecified atom stereocenters. The predicted molar refractivity (Wildman–Crippen MR) is 120 cm³/mol. The lowest BCUT2D eigenvalue weighted by molar-refractivity contribution is 0.0699. The maximum Gasteiger partial charge on any atom is 0.340 e. The molecule has 2 aromatic carbocycles. The average molecular weight is 473 g/mol. The van der Waals surface area contributed by atoms with E-state index in [1.165, 1.54) is 36.4 Å². The number of benzene rings is 2. The minimum atomic E-state index is -3.35. The van der Waals surface area contributed by atoms with E-state index in [1.54, 1.807) is 23.1 Å². The number of carboxylic acid groups (broad SMARTS) is 1. The zero-order chi connectivity index (χ0) is 23.6. The maximum atomic E-state index is 13.3. The van der Waals surface area contributed by atoms with Crippen molar-refractivity contribution in [2.24, 2.45) is 0 Å². The van der Waals surface area contributed by atoms with E-state index in [1.807, 2.05) is 0 Å².